The molecule has 4 rings (SSSR count). The summed E-state index contributed by atoms with van der Waals surface area (Å²) in [5.74, 6) is 2.24. The fraction of sp³-hybridized carbons (Fsp3) is 0.238. The standard InChI is InChI=1S/C21H22ClN5O2/c1-28-16-9-13-7-8-27(11-14(13)10-17(16)29-2)20-18(23)19(25-21(24)26-20)12-3-5-15(22)6-4-12/h3-6,9-10H,7-8,11,23H2,1-2H3,(H2,24,25,26). The Balaban J connectivity index is 1.72. The van der Waals surface area contributed by atoms with Crippen molar-refractivity contribution >= 4 is 29.1 Å². The minimum Gasteiger partial charge on any atom is -0.493 e. The van der Waals surface area contributed by atoms with Gasteiger partial charge in [0, 0.05) is 23.7 Å². The minimum atomic E-state index is 0.178. The lowest BCUT2D eigenvalue weighted by molar-refractivity contribution is 0.353. The molecule has 0 saturated heterocycles. The third-order valence-electron chi connectivity index (χ3n) is 5.08. The highest BCUT2D eigenvalue weighted by Crippen LogP contribution is 2.37. The van der Waals surface area contributed by atoms with Gasteiger partial charge in [0.25, 0.3) is 0 Å². The van der Waals surface area contributed by atoms with E-state index in [1.807, 2.05) is 24.3 Å². The number of nitrogens with zero attached hydrogens (tertiary/aromatic N) is 3. The molecule has 0 saturated carbocycles. The van der Waals surface area contributed by atoms with E-state index in [9.17, 15) is 0 Å². The van der Waals surface area contributed by atoms with Crippen LogP contribution >= 0.6 is 11.6 Å². The topological polar surface area (TPSA) is 99.5 Å². The molecule has 0 fully saturated rings. The number of rotatable bonds is 4. The van der Waals surface area contributed by atoms with Crippen LogP contribution < -0.4 is 25.8 Å². The average Bonchev–Trinajstić information content (AvgIpc) is 2.74. The van der Waals surface area contributed by atoms with Crippen LogP contribution in [0, 0.1) is 0 Å². The summed E-state index contributed by atoms with van der Waals surface area (Å²) in [7, 11) is 3.27. The second kappa shape index (κ2) is 7.67. The van der Waals surface area contributed by atoms with Gasteiger partial charge in [-0.1, -0.05) is 23.7 Å². The van der Waals surface area contributed by atoms with Crippen LogP contribution in [0.25, 0.3) is 11.3 Å². The highest BCUT2D eigenvalue weighted by atomic mass is 35.5. The van der Waals surface area contributed by atoms with Crippen molar-refractivity contribution in [2.75, 3.05) is 37.1 Å². The van der Waals surface area contributed by atoms with Crippen LogP contribution in [0.5, 0.6) is 11.5 Å². The molecule has 0 amide bonds. The first-order valence-electron chi connectivity index (χ1n) is 9.17. The molecule has 0 atom stereocenters. The van der Waals surface area contributed by atoms with Gasteiger partial charge in [0.15, 0.2) is 17.3 Å². The van der Waals surface area contributed by atoms with E-state index in [2.05, 4.69) is 14.9 Å². The fourth-order valence-corrected chi connectivity index (χ4v) is 3.73. The summed E-state index contributed by atoms with van der Waals surface area (Å²) in [6.45, 7) is 1.39. The molecule has 7 nitrogen and oxygen atoms in total. The molecule has 3 aromatic rings. The fourth-order valence-electron chi connectivity index (χ4n) is 3.61. The van der Waals surface area contributed by atoms with E-state index in [0.717, 1.165) is 29.8 Å². The molecule has 0 unspecified atom stereocenters. The summed E-state index contributed by atoms with van der Waals surface area (Å²) >= 11 is 6.00. The third-order valence-corrected chi connectivity index (χ3v) is 5.33. The lowest BCUT2D eigenvalue weighted by atomic mass is 9.98. The maximum atomic E-state index is 6.47. The molecule has 0 spiro atoms. The van der Waals surface area contributed by atoms with E-state index < -0.39 is 0 Å². The Morgan fingerprint density at radius 1 is 0.966 bits per heavy atom. The Morgan fingerprint density at radius 3 is 2.28 bits per heavy atom. The number of anilines is 3. The molecular formula is C21H22ClN5O2. The SMILES string of the molecule is COc1cc2c(cc1OC)CN(c1nc(N)nc(-c3ccc(Cl)cc3)c1N)CC2. The lowest BCUT2D eigenvalue weighted by Gasteiger charge is -2.31. The molecule has 1 aliphatic rings. The van der Waals surface area contributed by atoms with Crippen LogP contribution in [0.15, 0.2) is 36.4 Å². The van der Waals surface area contributed by atoms with Crippen molar-refractivity contribution in [2.24, 2.45) is 0 Å². The van der Waals surface area contributed by atoms with Crippen molar-refractivity contribution in [3.63, 3.8) is 0 Å². The molecule has 1 aromatic heterocycles. The van der Waals surface area contributed by atoms with Crippen LogP contribution in [-0.4, -0.2) is 30.7 Å². The van der Waals surface area contributed by atoms with Gasteiger partial charge in [-0.25, -0.2) is 4.98 Å². The monoisotopic (exact) mass is 411 g/mol. The maximum absolute atomic E-state index is 6.47. The molecule has 0 radical (unpaired) electrons. The van der Waals surface area contributed by atoms with E-state index >= 15 is 0 Å². The van der Waals surface area contributed by atoms with Crippen molar-refractivity contribution in [1.29, 1.82) is 0 Å². The van der Waals surface area contributed by atoms with Crippen molar-refractivity contribution in [3.05, 3.63) is 52.5 Å². The van der Waals surface area contributed by atoms with Gasteiger partial charge in [0.1, 0.15) is 11.4 Å². The number of hydrogen-bond donors (Lipinski definition) is 2. The molecule has 0 aliphatic carbocycles. The minimum absolute atomic E-state index is 0.178. The second-order valence-corrected chi connectivity index (χ2v) is 7.26. The van der Waals surface area contributed by atoms with Crippen LogP contribution in [0.2, 0.25) is 5.02 Å². The third kappa shape index (κ3) is 3.61. The first-order chi connectivity index (χ1) is 14.0. The quantitative estimate of drug-likeness (QED) is 0.677. The molecule has 2 aromatic carbocycles. The van der Waals surface area contributed by atoms with E-state index in [1.54, 1.807) is 26.4 Å². The summed E-state index contributed by atoms with van der Waals surface area (Å²) < 4.78 is 10.9. The van der Waals surface area contributed by atoms with Gasteiger partial charge >= 0.3 is 0 Å². The van der Waals surface area contributed by atoms with Gasteiger partial charge in [-0.05, 0) is 41.8 Å². The van der Waals surface area contributed by atoms with Gasteiger partial charge < -0.3 is 25.8 Å². The Morgan fingerprint density at radius 2 is 1.62 bits per heavy atom. The van der Waals surface area contributed by atoms with Crippen LogP contribution in [0.1, 0.15) is 11.1 Å². The molecule has 1 aliphatic heterocycles. The predicted molar refractivity (Wildman–Crippen MR) is 116 cm³/mol. The molecule has 4 N–H and O–H groups in total. The summed E-state index contributed by atoms with van der Waals surface area (Å²) in [6, 6.07) is 11.4. The Labute approximate surface area is 174 Å². The molecule has 2 heterocycles. The van der Waals surface area contributed by atoms with Crippen molar-refractivity contribution in [2.45, 2.75) is 13.0 Å². The van der Waals surface area contributed by atoms with E-state index in [4.69, 9.17) is 32.5 Å². The van der Waals surface area contributed by atoms with Crippen LogP contribution in [0.3, 0.4) is 0 Å². The molecular weight excluding hydrogens is 390 g/mol. The Bertz CT molecular complexity index is 1060. The highest BCUT2D eigenvalue weighted by Gasteiger charge is 2.24. The highest BCUT2D eigenvalue weighted by molar-refractivity contribution is 6.30. The number of hydrogen-bond acceptors (Lipinski definition) is 7. The van der Waals surface area contributed by atoms with Crippen molar-refractivity contribution in [1.82, 2.24) is 9.97 Å². The number of aromatic nitrogens is 2. The maximum Gasteiger partial charge on any atom is 0.222 e. The van der Waals surface area contributed by atoms with Crippen LogP contribution in [0.4, 0.5) is 17.5 Å². The summed E-state index contributed by atoms with van der Waals surface area (Å²) in [6.07, 6.45) is 0.829. The number of ether oxygens (including phenoxy) is 2. The Kier molecular flexibility index (Phi) is 5.07. The summed E-state index contributed by atoms with van der Waals surface area (Å²) in [4.78, 5) is 10.9. The normalized spacial score (nSPS) is 13.1. The smallest absolute Gasteiger partial charge is 0.222 e. The molecule has 0 bridgehead atoms. The first kappa shape index (κ1) is 19.1. The summed E-state index contributed by atoms with van der Waals surface area (Å²) in [5, 5.41) is 0.645. The number of nitrogens with two attached hydrogens (primary N) is 2. The zero-order valence-corrected chi connectivity index (χ0v) is 17.0. The number of nitrogen functional groups attached to an aromatic ring is 2. The van der Waals surface area contributed by atoms with Crippen molar-refractivity contribution in [3.8, 4) is 22.8 Å². The predicted octanol–water partition coefficient (Wildman–Crippen LogP) is 3.54. The zero-order valence-electron chi connectivity index (χ0n) is 16.3. The number of halogens is 1. The number of methoxy groups -OCH3 is 2. The van der Waals surface area contributed by atoms with E-state index in [1.165, 1.54) is 5.56 Å². The first-order valence-corrected chi connectivity index (χ1v) is 9.55. The summed E-state index contributed by atoms with van der Waals surface area (Å²) in [5.41, 5.74) is 16.8. The lowest BCUT2D eigenvalue weighted by Crippen LogP contribution is -2.32. The average molecular weight is 412 g/mol. The van der Waals surface area contributed by atoms with Gasteiger partial charge in [-0.15, -0.1) is 0 Å². The zero-order chi connectivity index (χ0) is 20.5. The van der Waals surface area contributed by atoms with Gasteiger partial charge in [-0.3, -0.25) is 0 Å². The van der Waals surface area contributed by atoms with Gasteiger partial charge in [-0.2, -0.15) is 4.98 Å². The number of fused-ring (bicyclic) bond motifs is 1. The second-order valence-electron chi connectivity index (χ2n) is 6.82. The van der Waals surface area contributed by atoms with Crippen molar-refractivity contribution < 1.29 is 9.47 Å². The largest absolute Gasteiger partial charge is 0.493 e. The van der Waals surface area contributed by atoms with Crippen LogP contribution in [-0.2, 0) is 13.0 Å². The number of benzene rings is 2. The molecule has 29 heavy (non-hydrogen) atoms. The van der Waals surface area contributed by atoms with Gasteiger partial charge in [0.05, 0.1) is 14.2 Å². The molecule has 8 heteroatoms. The Hall–Kier alpha value is -3.19. The molecule has 150 valence electrons. The van der Waals surface area contributed by atoms with Gasteiger partial charge in [0.2, 0.25) is 5.95 Å². The van der Waals surface area contributed by atoms with E-state index in [0.29, 0.717) is 34.5 Å². The van der Waals surface area contributed by atoms with E-state index in [-0.39, 0.29) is 5.95 Å².